The molecule has 5 aromatic rings. The van der Waals surface area contributed by atoms with Gasteiger partial charge in [-0.2, -0.15) is 9.78 Å². The summed E-state index contributed by atoms with van der Waals surface area (Å²) in [6.45, 7) is 2.53. The number of fused-ring (bicyclic) bond motifs is 2. The molecule has 1 fully saturated rings. The van der Waals surface area contributed by atoms with E-state index in [1.165, 1.54) is 16.7 Å². The zero-order valence-corrected chi connectivity index (χ0v) is 21.6. The van der Waals surface area contributed by atoms with Crippen molar-refractivity contribution in [1.29, 1.82) is 0 Å². The second-order valence-corrected chi connectivity index (χ2v) is 10.2. The molecule has 1 aliphatic carbocycles. The van der Waals surface area contributed by atoms with E-state index in [9.17, 15) is 4.79 Å². The predicted molar refractivity (Wildman–Crippen MR) is 154 cm³/mol. The van der Waals surface area contributed by atoms with Gasteiger partial charge in [-0.3, -0.25) is 4.79 Å². The molecule has 6 rings (SSSR count). The second kappa shape index (κ2) is 10.6. The Morgan fingerprint density at radius 1 is 0.921 bits per heavy atom. The summed E-state index contributed by atoms with van der Waals surface area (Å²) in [4.78, 5) is 18.6. The quantitative estimate of drug-likeness (QED) is 0.228. The van der Waals surface area contributed by atoms with Crippen molar-refractivity contribution in [3.63, 3.8) is 0 Å². The van der Waals surface area contributed by atoms with E-state index in [4.69, 9.17) is 14.8 Å². The zero-order chi connectivity index (χ0) is 25.9. The first kappa shape index (κ1) is 24.1. The molecule has 0 aliphatic heterocycles. The molecule has 4 aromatic carbocycles. The fraction of sp³-hybridized carbons (Fsp3) is 0.242. The standard InChI is InChI=1S/C33H31N3O2/c1-23-10-9-11-24(20-23)22-38-31-19-18-25-12-5-6-15-27(25)29(31)21-34-36-32(26-13-3-2-4-14-26)35-30-17-8-7-16-28(30)33(36)37/h5-12,15-21,26H,2-4,13-14,22H2,1H3. The third kappa shape index (κ3) is 4.84. The van der Waals surface area contributed by atoms with Crippen LogP contribution in [-0.4, -0.2) is 15.9 Å². The van der Waals surface area contributed by atoms with Gasteiger partial charge in [-0.25, -0.2) is 4.98 Å². The Hall–Kier alpha value is -4.25. The Kier molecular flexibility index (Phi) is 6.74. The molecular weight excluding hydrogens is 470 g/mol. The third-order valence-corrected chi connectivity index (χ3v) is 7.46. The van der Waals surface area contributed by atoms with Crippen molar-refractivity contribution in [2.75, 3.05) is 0 Å². The minimum absolute atomic E-state index is 0.130. The fourth-order valence-electron chi connectivity index (χ4n) is 5.49. The van der Waals surface area contributed by atoms with Crippen molar-refractivity contribution in [2.24, 2.45) is 5.10 Å². The van der Waals surface area contributed by atoms with Gasteiger partial charge < -0.3 is 4.74 Å². The van der Waals surface area contributed by atoms with E-state index in [1.54, 1.807) is 6.21 Å². The summed E-state index contributed by atoms with van der Waals surface area (Å²) >= 11 is 0. The molecule has 0 saturated heterocycles. The molecule has 38 heavy (non-hydrogen) atoms. The van der Waals surface area contributed by atoms with Crippen LogP contribution in [0.15, 0.2) is 94.8 Å². The first-order chi connectivity index (χ1) is 18.7. The summed E-state index contributed by atoms with van der Waals surface area (Å²) < 4.78 is 7.86. The van der Waals surface area contributed by atoms with Crippen LogP contribution in [0.4, 0.5) is 0 Å². The molecule has 0 N–H and O–H groups in total. The highest BCUT2D eigenvalue weighted by atomic mass is 16.5. The van der Waals surface area contributed by atoms with Crippen molar-refractivity contribution in [2.45, 2.75) is 51.6 Å². The molecule has 1 aliphatic rings. The second-order valence-electron chi connectivity index (χ2n) is 10.2. The van der Waals surface area contributed by atoms with Crippen molar-refractivity contribution in [3.05, 3.63) is 118 Å². The van der Waals surface area contributed by atoms with Gasteiger partial charge >= 0.3 is 0 Å². The maximum Gasteiger partial charge on any atom is 0.282 e. The maximum absolute atomic E-state index is 13.7. The lowest BCUT2D eigenvalue weighted by molar-refractivity contribution is 0.306. The van der Waals surface area contributed by atoms with E-state index < -0.39 is 0 Å². The van der Waals surface area contributed by atoms with Gasteiger partial charge in [-0.1, -0.05) is 91.6 Å². The van der Waals surface area contributed by atoms with Gasteiger partial charge in [0, 0.05) is 11.5 Å². The van der Waals surface area contributed by atoms with Crippen LogP contribution in [0.3, 0.4) is 0 Å². The van der Waals surface area contributed by atoms with Gasteiger partial charge in [0.25, 0.3) is 5.56 Å². The predicted octanol–water partition coefficient (Wildman–Crippen LogP) is 7.37. The number of benzene rings is 4. The largest absolute Gasteiger partial charge is 0.488 e. The van der Waals surface area contributed by atoms with Gasteiger partial charge in [-0.15, -0.1) is 0 Å². The molecule has 0 atom stereocenters. The normalized spacial score (nSPS) is 14.4. The first-order valence-electron chi connectivity index (χ1n) is 13.4. The Labute approximate surface area is 222 Å². The van der Waals surface area contributed by atoms with Crippen LogP contribution in [0.2, 0.25) is 0 Å². The number of aryl methyl sites for hydroxylation is 1. The first-order valence-corrected chi connectivity index (χ1v) is 13.4. The summed E-state index contributed by atoms with van der Waals surface area (Å²) in [5, 5.41) is 7.52. The van der Waals surface area contributed by atoms with Gasteiger partial charge in [0.05, 0.1) is 17.1 Å². The van der Waals surface area contributed by atoms with Crippen LogP contribution < -0.4 is 10.3 Å². The van der Waals surface area contributed by atoms with E-state index in [1.807, 2.05) is 48.5 Å². The van der Waals surface area contributed by atoms with Crippen molar-refractivity contribution >= 4 is 27.9 Å². The number of aromatic nitrogens is 2. The molecule has 0 amide bonds. The minimum Gasteiger partial charge on any atom is -0.488 e. The number of ether oxygens (including phenoxy) is 1. The molecular formula is C33H31N3O2. The monoisotopic (exact) mass is 501 g/mol. The number of nitrogens with zero attached hydrogens (tertiary/aromatic N) is 3. The van der Waals surface area contributed by atoms with Crippen LogP contribution in [0, 0.1) is 6.92 Å². The SMILES string of the molecule is Cc1cccc(COc2ccc3ccccc3c2C=Nn2c(C3CCCCC3)nc3ccccc3c2=O)c1. The lowest BCUT2D eigenvalue weighted by Crippen LogP contribution is -2.25. The van der Waals surface area contributed by atoms with Crippen LogP contribution in [0.25, 0.3) is 21.7 Å². The smallest absolute Gasteiger partial charge is 0.282 e. The van der Waals surface area contributed by atoms with E-state index in [0.29, 0.717) is 12.0 Å². The molecule has 0 bridgehead atoms. The van der Waals surface area contributed by atoms with Gasteiger partial charge in [0.1, 0.15) is 18.2 Å². The summed E-state index contributed by atoms with van der Waals surface area (Å²) in [6.07, 6.45) is 7.36. The Bertz CT molecular complexity index is 1700. The van der Waals surface area contributed by atoms with Gasteiger partial charge in [0.15, 0.2) is 0 Å². The molecule has 0 radical (unpaired) electrons. The molecule has 5 heteroatoms. The van der Waals surface area contributed by atoms with Crippen LogP contribution in [0.5, 0.6) is 5.75 Å². The Balaban J connectivity index is 1.45. The number of rotatable bonds is 6. The Morgan fingerprint density at radius 2 is 1.71 bits per heavy atom. The lowest BCUT2D eigenvalue weighted by Gasteiger charge is -2.22. The maximum atomic E-state index is 13.7. The van der Waals surface area contributed by atoms with E-state index >= 15 is 0 Å². The topological polar surface area (TPSA) is 56.5 Å². The number of hydrogen-bond donors (Lipinski definition) is 0. The van der Waals surface area contributed by atoms with E-state index in [0.717, 1.165) is 64.7 Å². The van der Waals surface area contributed by atoms with Crippen LogP contribution in [-0.2, 0) is 6.61 Å². The average molecular weight is 502 g/mol. The van der Waals surface area contributed by atoms with Crippen molar-refractivity contribution < 1.29 is 4.74 Å². The summed E-state index contributed by atoms with van der Waals surface area (Å²) in [5.74, 6) is 1.71. The van der Waals surface area contributed by atoms with Crippen LogP contribution in [0.1, 0.15) is 60.5 Å². The fourth-order valence-corrected chi connectivity index (χ4v) is 5.49. The summed E-state index contributed by atoms with van der Waals surface area (Å²) in [6, 6.07) is 28.1. The number of para-hydroxylation sites is 1. The average Bonchev–Trinajstić information content (AvgIpc) is 2.96. The molecule has 1 saturated carbocycles. The van der Waals surface area contributed by atoms with Crippen molar-refractivity contribution in [1.82, 2.24) is 9.66 Å². The van der Waals surface area contributed by atoms with Crippen LogP contribution >= 0.6 is 0 Å². The lowest BCUT2D eigenvalue weighted by atomic mass is 9.88. The molecule has 1 aromatic heterocycles. The highest BCUT2D eigenvalue weighted by molar-refractivity contribution is 6.02. The minimum atomic E-state index is -0.130. The van der Waals surface area contributed by atoms with Gasteiger partial charge in [-0.05, 0) is 54.3 Å². The number of hydrogen-bond acceptors (Lipinski definition) is 4. The van der Waals surface area contributed by atoms with E-state index in [-0.39, 0.29) is 11.5 Å². The highest BCUT2D eigenvalue weighted by Gasteiger charge is 2.22. The zero-order valence-electron chi connectivity index (χ0n) is 21.6. The molecule has 190 valence electrons. The summed E-state index contributed by atoms with van der Waals surface area (Å²) in [7, 11) is 0. The highest BCUT2D eigenvalue weighted by Crippen LogP contribution is 2.32. The molecule has 0 spiro atoms. The molecule has 5 nitrogen and oxygen atoms in total. The summed E-state index contributed by atoms with van der Waals surface area (Å²) in [5.41, 5.74) is 3.76. The molecule has 0 unspecified atom stereocenters. The van der Waals surface area contributed by atoms with E-state index in [2.05, 4.69) is 43.3 Å². The molecule has 1 heterocycles. The third-order valence-electron chi connectivity index (χ3n) is 7.46. The Morgan fingerprint density at radius 3 is 2.55 bits per heavy atom. The van der Waals surface area contributed by atoms with Gasteiger partial charge in [0.2, 0.25) is 0 Å². The van der Waals surface area contributed by atoms with Crippen molar-refractivity contribution in [3.8, 4) is 5.75 Å².